The Balaban J connectivity index is 2.83. The van der Waals surface area contributed by atoms with Gasteiger partial charge in [0, 0.05) is 12.5 Å². The van der Waals surface area contributed by atoms with Crippen LogP contribution in [0.4, 0.5) is 0 Å². The summed E-state index contributed by atoms with van der Waals surface area (Å²) in [5, 5.41) is 2.76. The van der Waals surface area contributed by atoms with E-state index < -0.39 is 6.23 Å². The molecule has 1 unspecified atom stereocenters. The molecule has 4 nitrogen and oxygen atoms in total. The van der Waals surface area contributed by atoms with Gasteiger partial charge in [0.1, 0.15) is 5.75 Å². The summed E-state index contributed by atoms with van der Waals surface area (Å²) in [6.07, 6.45) is -0.382. The lowest BCUT2D eigenvalue weighted by Crippen LogP contribution is -2.29. The summed E-state index contributed by atoms with van der Waals surface area (Å²) < 4.78 is 10.7. The van der Waals surface area contributed by atoms with Gasteiger partial charge in [-0.25, -0.2) is 0 Å². The molecular formula is C13H19NO3. The van der Waals surface area contributed by atoms with Gasteiger partial charge in [0.15, 0.2) is 6.23 Å². The van der Waals surface area contributed by atoms with E-state index in [9.17, 15) is 4.79 Å². The first-order valence-corrected chi connectivity index (χ1v) is 5.59. The SMILES string of the molecule is COc1ccc(C(NC(C)=O)OC(C)C)cc1. The van der Waals surface area contributed by atoms with Crippen LogP contribution < -0.4 is 10.1 Å². The number of nitrogens with one attached hydrogen (secondary N) is 1. The molecular weight excluding hydrogens is 218 g/mol. The molecule has 0 aromatic heterocycles. The molecule has 0 radical (unpaired) electrons. The highest BCUT2D eigenvalue weighted by atomic mass is 16.5. The number of carbonyl (C=O) groups is 1. The highest BCUT2D eigenvalue weighted by Gasteiger charge is 2.14. The zero-order valence-corrected chi connectivity index (χ0v) is 10.7. The second-order valence-electron chi connectivity index (χ2n) is 4.04. The predicted octanol–water partition coefficient (Wildman–Crippen LogP) is 2.25. The molecule has 0 aliphatic heterocycles. The average Bonchev–Trinajstić information content (AvgIpc) is 2.27. The first-order chi connectivity index (χ1) is 8.02. The van der Waals surface area contributed by atoms with Crippen molar-refractivity contribution in [3.8, 4) is 5.75 Å². The molecule has 1 aromatic rings. The minimum atomic E-state index is -0.418. The van der Waals surface area contributed by atoms with E-state index in [1.807, 2.05) is 38.1 Å². The standard InChI is InChI=1S/C13H19NO3/c1-9(2)17-13(14-10(3)15)11-5-7-12(16-4)8-6-11/h5-9,13H,1-4H3,(H,14,15). The molecule has 0 saturated heterocycles. The normalized spacial score (nSPS) is 12.3. The molecule has 4 heteroatoms. The van der Waals surface area contributed by atoms with E-state index in [1.54, 1.807) is 7.11 Å². The fraction of sp³-hybridized carbons (Fsp3) is 0.462. The van der Waals surface area contributed by atoms with Crippen LogP contribution in [0.5, 0.6) is 5.75 Å². The van der Waals surface area contributed by atoms with Crippen LogP contribution in [0.3, 0.4) is 0 Å². The van der Waals surface area contributed by atoms with Crippen molar-refractivity contribution >= 4 is 5.91 Å². The lowest BCUT2D eigenvalue weighted by atomic mass is 10.2. The van der Waals surface area contributed by atoms with Crippen LogP contribution in [-0.4, -0.2) is 19.1 Å². The maximum absolute atomic E-state index is 11.1. The zero-order chi connectivity index (χ0) is 12.8. The Bertz CT molecular complexity index is 359. The molecule has 0 spiro atoms. The van der Waals surface area contributed by atoms with Crippen LogP contribution in [0.25, 0.3) is 0 Å². The number of benzene rings is 1. The number of rotatable bonds is 5. The Kier molecular flexibility index (Phi) is 4.97. The van der Waals surface area contributed by atoms with Gasteiger partial charge in [0.2, 0.25) is 5.91 Å². The summed E-state index contributed by atoms with van der Waals surface area (Å²) in [4.78, 5) is 11.1. The largest absolute Gasteiger partial charge is 0.497 e. The van der Waals surface area contributed by atoms with Crippen LogP contribution >= 0.6 is 0 Å². The summed E-state index contributed by atoms with van der Waals surface area (Å²) in [6.45, 7) is 5.33. The molecule has 0 bridgehead atoms. The molecule has 1 amide bonds. The molecule has 1 rings (SSSR count). The summed E-state index contributed by atoms with van der Waals surface area (Å²) in [5.74, 6) is 0.659. The van der Waals surface area contributed by atoms with Crippen molar-refractivity contribution in [2.75, 3.05) is 7.11 Å². The minimum Gasteiger partial charge on any atom is -0.497 e. The molecule has 1 atom stereocenters. The monoisotopic (exact) mass is 237 g/mol. The molecule has 0 aliphatic carbocycles. The third-order valence-corrected chi connectivity index (χ3v) is 2.16. The first kappa shape index (κ1) is 13.5. The summed E-state index contributed by atoms with van der Waals surface area (Å²) in [5.41, 5.74) is 0.898. The smallest absolute Gasteiger partial charge is 0.219 e. The lowest BCUT2D eigenvalue weighted by molar-refractivity contribution is -0.124. The van der Waals surface area contributed by atoms with Gasteiger partial charge in [-0.15, -0.1) is 0 Å². The van der Waals surface area contributed by atoms with Crippen molar-refractivity contribution < 1.29 is 14.3 Å². The van der Waals surface area contributed by atoms with Crippen LogP contribution in [0, 0.1) is 0 Å². The highest BCUT2D eigenvalue weighted by Crippen LogP contribution is 2.19. The molecule has 0 fully saturated rings. The maximum atomic E-state index is 11.1. The Hall–Kier alpha value is -1.55. The van der Waals surface area contributed by atoms with Crippen LogP contribution in [-0.2, 0) is 9.53 Å². The van der Waals surface area contributed by atoms with Crippen molar-refractivity contribution in [3.63, 3.8) is 0 Å². The second kappa shape index (κ2) is 6.25. The van der Waals surface area contributed by atoms with Crippen molar-refractivity contribution in [2.45, 2.75) is 33.1 Å². The van der Waals surface area contributed by atoms with Crippen molar-refractivity contribution in [1.29, 1.82) is 0 Å². The van der Waals surface area contributed by atoms with Gasteiger partial charge in [0.25, 0.3) is 0 Å². The van der Waals surface area contributed by atoms with Crippen molar-refractivity contribution in [1.82, 2.24) is 5.32 Å². The van der Waals surface area contributed by atoms with Crippen molar-refractivity contribution in [3.05, 3.63) is 29.8 Å². The van der Waals surface area contributed by atoms with E-state index in [0.717, 1.165) is 11.3 Å². The van der Waals surface area contributed by atoms with Gasteiger partial charge in [-0.1, -0.05) is 12.1 Å². The zero-order valence-electron chi connectivity index (χ0n) is 10.7. The molecule has 0 aliphatic rings. The summed E-state index contributed by atoms with van der Waals surface area (Å²) in [6, 6.07) is 7.44. The minimum absolute atomic E-state index is 0.0361. The number of ether oxygens (including phenoxy) is 2. The second-order valence-corrected chi connectivity index (χ2v) is 4.04. The third-order valence-electron chi connectivity index (χ3n) is 2.16. The number of hydrogen-bond acceptors (Lipinski definition) is 3. The van der Waals surface area contributed by atoms with Gasteiger partial charge in [0.05, 0.1) is 13.2 Å². The molecule has 1 N–H and O–H groups in total. The molecule has 0 saturated carbocycles. The number of methoxy groups -OCH3 is 1. The molecule has 17 heavy (non-hydrogen) atoms. The van der Waals surface area contributed by atoms with E-state index in [4.69, 9.17) is 9.47 Å². The van der Waals surface area contributed by atoms with Gasteiger partial charge >= 0.3 is 0 Å². The molecule has 94 valence electrons. The summed E-state index contributed by atoms with van der Waals surface area (Å²) >= 11 is 0. The number of carbonyl (C=O) groups excluding carboxylic acids is 1. The van der Waals surface area contributed by atoms with Gasteiger partial charge in [-0.05, 0) is 26.0 Å². The van der Waals surface area contributed by atoms with Crippen LogP contribution in [0.2, 0.25) is 0 Å². The Morgan fingerprint density at radius 1 is 1.24 bits per heavy atom. The first-order valence-electron chi connectivity index (χ1n) is 5.59. The van der Waals surface area contributed by atoms with E-state index in [-0.39, 0.29) is 12.0 Å². The highest BCUT2D eigenvalue weighted by molar-refractivity contribution is 5.73. The lowest BCUT2D eigenvalue weighted by Gasteiger charge is -2.21. The van der Waals surface area contributed by atoms with Crippen LogP contribution in [0.1, 0.15) is 32.6 Å². The van der Waals surface area contributed by atoms with E-state index in [1.165, 1.54) is 6.92 Å². The molecule has 1 aromatic carbocycles. The third kappa shape index (κ3) is 4.44. The van der Waals surface area contributed by atoms with Crippen molar-refractivity contribution in [2.24, 2.45) is 0 Å². The quantitative estimate of drug-likeness (QED) is 0.799. The topological polar surface area (TPSA) is 47.6 Å². The Morgan fingerprint density at radius 3 is 2.24 bits per heavy atom. The molecule has 0 heterocycles. The van der Waals surface area contributed by atoms with E-state index in [0.29, 0.717) is 0 Å². The summed E-state index contributed by atoms with van der Waals surface area (Å²) in [7, 11) is 1.62. The van der Waals surface area contributed by atoms with E-state index in [2.05, 4.69) is 5.32 Å². The Morgan fingerprint density at radius 2 is 1.82 bits per heavy atom. The number of hydrogen-bond donors (Lipinski definition) is 1. The van der Waals surface area contributed by atoms with Crippen LogP contribution in [0.15, 0.2) is 24.3 Å². The van der Waals surface area contributed by atoms with Gasteiger partial charge in [-0.2, -0.15) is 0 Å². The number of amides is 1. The van der Waals surface area contributed by atoms with E-state index >= 15 is 0 Å². The van der Waals surface area contributed by atoms with Gasteiger partial charge in [-0.3, -0.25) is 4.79 Å². The predicted molar refractivity (Wildman–Crippen MR) is 65.8 cm³/mol. The van der Waals surface area contributed by atoms with Gasteiger partial charge < -0.3 is 14.8 Å². The maximum Gasteiger partial charge on any atom is 0.219 e. The average molecular weight is 237 g/mol. The fourth-order valence-electron chi connectivity index (χ4n) is 1.43. The Labute approximate surface area is 102 Å². The fourth-order valence-corrected chi connectivity index (χ4v) is 1.43.